The standard InChI is InChI=1S/C7H16O2S/c1-3-9-4-5-10-7(2)6-8/h7-8H,3-6H2,1-2H3. The third-order valence-electron chi connectivity index (χ3n) is 1.09. The molecule has 1 N–H and O–H groups in total. The Morgan fingerprint density at radius 3 is 2.80 bits per heavy atom. The fourth-order valence-corrected chi connectivity index (χ4v) is 1.23. The second-order valence-corrected chi connectivity index (χ2v) is 3.61. The number of aliphatic hydroxyl groups excluding tert-OH is 1. The number of aliphatic hydroxyl groups is 1. The van der Waals surface area contributed by atoms with Gasteiger partial charge in [0.1, 0.15) is 0 Å². The second kappa shape index (κ2) is 7.38. The third-order valence-corrected chi connectivity index (χ3v) is 2.21. The van der Waals surface area contributed by atoms with Crippen molar-refractivity contribution in [2.24, 2.45) is 0 Å². The first-order chi connectivity index (χ1) is 4.81. The Morgan fingerprint density at radius 1 is 1.60 bits per heavy atom. The van der Waals surface area contributed by atoms with E-state index in [0.29, 0.717) is 5.25 Å². The lowest BCUT2D eigenvalue weighted by Gasteiger charge is -2.06. The molecule has 0 amide bonds. The van der Waals surface area contributed by atoms with Gasteiger partial charge in [0.25, 0.3) is 0 Å². The van der Waals surface area contributed by atoms with Gasteiger partial charge in [0.05, 0.1) is 13.2 Å². The van der Waals surface area contributed by atoms with Crippen LogP contribution in [-0.4, -0.2) is 35.9 Å². The summed E-state index contributed by atoms with van der Waals surface area (Å²) in [5.74, 6) is 0.982. The van der Waals surface area contributed by atoms with Crippen molar-refractivity contribution in [2.45, 2.75) is 19.1 Å². The molecular weight excluding hydrogens is 148 g/mol. The SMILES string of the molecule is CCOCCSC(C)CO. The third kappa shape index (κ3) is 6.39. The van der Waals surface area contributed by atoms with Gasteiger partial charge in [-0.15, -0.1) is 0 Å². The van der Waals surface area contributed by atoms with E-state index in [9.17, 15) is 0 Å². The lowest BCUT2D eigenvalue weighted by atomic mass is 10.5. The Bertz CT molecular complexity index is 68.6. The first-order valence-electron chi connectivity index (χ1n) is 3.61. The summed E-state index contributed by atoms with van der Waals surface area (Å²) in [6.45, 7) is 5.84. The van der Waals surface area contributed by atoms with Gasteiger partial charge in [-0.1, -0.05) is 6.92 Å². The number of hydrogen-bond donors (Lipinski definition) is 1. The minimum Gasteiger partial charge on any atom is -0.395 e. The molecule has 0 saturated heterocycles. The molecule has 0 fully saturated rings. The van der Waals surface area contributed by atoms with Crippen molar-refractivity contribution in [3.8, 4) is 0 Å². The number of hydrogen-bond acceptors (Lipinski definition) is 3. The maximum Gasteiger partial charge on any atom is 0.0556 e. The van der Waals surface area contributed by atoms with Gasteiger partial charge < -0.3 is 9.84 Å². The fourth-order valence-electron chi connectivity index (χ4n) is 0.505. The zero-order chi connectivity index (χ0) is 7.82. The maximum absolute atomic E-state index is 8.63. The van der Waals surface area contributed by atoms with Gasteiger partial charge in [-0.3, -0.25) is 0 Å². The fraction of sp³-hybridized carbons (Fsp3) is 1.00. The van der Waals surface area contributed by atoms with Crippen LogP contribution in [0.3, 0.4) is 0 Å². The molecule has 0 aliphatic rings. The molecule has 0 bridgehead atoms. The predicted octanol–water partition coefficient (Wildman–Crippen LogP) is 1.14. The Kier molecular flexibility index (Phi) is 7.58. The maximum atomic E-state index is 8.63. The van der Waals surface area contributed by atoms with Crippen LogP contribution >= 0.6 is 11.8 Å². The van der Waals surface area contributed by atoms with Crippen LogP contribution in [-0.2, 0) is 4.74 Å². The van der Waals surface area contributed by atoms with E-state index in [4.69, 9.17) is 9.84 Å². The molecule has 0 radical (unpaired) electrons. The van der Waals surface area contributed by atoms with Gasteiger partial charge in [-0.2, -0.15) is 11.8 Å². The molecular formula is C7H16O2S. The Hall–Kier alpha value is 0.270. The van der Waals surface area contributed by atoms with Crippen molar-refractivity contribution in [2.75, 3.05) is 25.6 Å². The minimum atomic E-state index is 0.261. The Balaban J connectivity index is 2.89. The van der Waals surface area contributed by atoms with E-state index < -0.39 is 0 Å². The van der Waals surface area contributed by atoms with Crippen molar-refractivity contribution in [1.82, 2.24) is 0 Å². The highest BCUT2D eigenvalue weighted by molar-refractivity contribution is 7.99. The minimum absolute atomic E-state index is 0.261. The average Bonchev–Trinajstić information content (AvgIpc) is 1.98. The normalized spacial score (nSPS) is 13.5. The topological polar surface area (TPSA) is 29.5 Å². The number of ether oxygens (including phenoxy) is 1. The molecule has 62 valence electrons. The van der Waals surface area contributed by atoms with Crippen LogP contribution in [0, 0.1) is 0 Å². The van der Waals surface area contributed by atoms with Gasteiger partial charge in [0, 0.05) is 17.6 Å². The van der Waals surface area contributed by atoms with E-state index in [-0.39, 0.29) is 6.61 Å². The van der Waals surface area contributed by atoms with Gasteiger partial charge in [-0.25, -0.2) is 0 Å². The molecule has 0 aliphatic carbocycles. The highest BCUT2D eigenvalue weighted by Crippen LogP contribution is 2.08. The molecule has 0 saturated carbocycles. The van der Waals surface area contributed by atoms with E-state index in [1.807, 2.05) is 13.8 Å². The molecule has 0 aromatic carbocycles. The molecule has 0 heterocycles. The second-order valence-electron chi connectivity index (χ2n) is 2.06. The lowest BCUT2D eigenvalue weighted by molar-refractivity contribution is 0.164. The van der Waals surface area contributed by atoms with Gasteiger partial charge in [-0.05, 0) is 6.92 Å². The molecule has 1 atom stereocenters. The highest BCUT2D eigenvalue weighted by Gasteiger charge is 1.97. The van der Waals surface area contributed by atoms with Crippen LogP contribution in [0.15, 0.2) is 0 Å². The molecule has 0 aliphatic heterocycles. The summed E-state index contributed by atoms with van der Waals surface area (Å²) in [5, 5.41) is 8.98. The predicted molar refractivity (Wildman–Crippen MR) is 45.5 cm³/mol. The summed E-state index contributed by atoms with van der Waals surface area (Å²) in [6.07, 6.45) is 0. The summed E-state index contributed by atoms with van der Waals surface area (Å²) in [7, 11) is 0. The van der Waals surface area contributed by atoms with Crippen molar-refractivity contribution in [3.05, 3.63) is 0 Å². The van der Waals surface area contributed by atoms with E-state index in [1.165, 1.54) is 0 Å². The van der Waals surface area contributed by atoms with Crippen molar-refractivity contribution in [3.63, 3.8) is 0 Å². The van der Waals surface area contributed by atoms with Crippen LogP contribution in [0.1, 0.15) is 13.8 Å². The summed E-state index contributed by atoms with van der Waals surface area (Å²) in [5.41, 5.74) is 0. The van der Waals surface area contributed by atoms with Crippen molar-refractivity contribution >= 4 is 11.8 Å². The molecule has 0 rings (SSSR count). The Morgan fingerprint density at radius 2 is 2.30 bits per heavy atom. The van der Waals surface area contributed by atoms with Crippen LogP contribution in [0.4, 0.5) is 0 Å². The van der Waals surface area contributed by atoms with Crippen molar-refractivity contribution in [1.29, 1.82) is 0 Å². The zero-order valence-corrected chi connectivity index (χ0v) is 7.49. The number of thioether (sulfide) groups is 1. The van der Waals surface area contributed by atoms with E-state index >= 15 is 0 Å². The van der Waals surface area contributed by atoms with Crippen LogP contribution in [0.25, 0.3) is 0 Å². The quantitative estimate of drug-likeness (QED) is 0.597. The van der Waals surface area contributed by atoms with Crippen LogP contribution in [0.5, 0.6) is 0 Å². The molecule has 10 heavy (non-hydrogen) atoms. The largest absolute Gasteiger partial charge is 0.395 e. The number of rotatable bonds is 6. The Labute approximate surface area is 67.0 Å². The first kappa shape index (κ1) is 10.3. The molecule has 3 heteroatoms. The monoisotopic (exact) mass is 164 g/mol. The highest BCUT2D eigenvalue weighted by atomic mass is 32.2. The van der Waals surface area contributed by atoms with E-state index in [2.05, 4.69) is 0 Å². The van der Waals surface area contributed by atoms with Crippen LogP contribution in [0.2, 0.25) is 0 Å². The smallest absolute Gasteiger partial charge is 0.0556 e. The molecule has 0 spiro atoms. The van der Waals surface area contributed by atoms with Gasteiger partial charge in [0.2, 0.25) is 0 Å². The lowest BCUT2D eigenvalue weighted by Crippen LogP contribution is -2.06. The molecule has 2 nitrogen and oxygen atoms in total. The molecule has 0 aromatic rings. The first-order valence-corrected chi connectivity index (χ1v) is 4.66. The van der Waals surface area contributed by atoms with Gasteiger partial charge >= 0.3 is 0 Å². The van der Waals surface area contributed by atoms with E-state index in [0.717, 1.165) is 19.0 Å². The summed E-state index contributed by atoms with van der Waals surface area (Å²) in [4.78, 5) is 0. The summed E-state index contributed by atoms with van der Waals surface area (Å²) in [6, 6.07) is 0. The van der Waals surface area contributed by atoms with E-state index in [1.54, 1.807) is 11.8 Å². The molecule has 1 unspecified atom stereocenters. The summed E-state index contributed by atoms with van der Waals surface area (Å²) < 4.78 is 5.13. The van der Waals surface area contributed by atoms with Crippen molar-refractivity contribution < 1.29 is 9.84 Å². The average molecular weight is 164 g/mol. The summed E-state index contributed by atoms with van der Waals surface area (Å²) >= 11 is 1.74. The van der Waals surface area contributed by atoms with Gasteiger partial charge in [0.15, 0.2) is 0 Å². The van der Waals surface area contributed by atoms with Crippen LogP contribution < -0.4 is 0 Å². The zero-order valence-electron chi connectivity index (χ0n) is 6.67. The molecule has 0 aromatic heterocycles.